The number of rotatable bonds is 5. The van der Waals surface area contributed by atoms with Gasteiger partial charge in [-0.1, -0.05) is 19.3 Å². The molecule has 22 heavy (non-hydrogen) atoms. The number of hydrogen-bond donors (Lipinski definition) is 1. The van der Waals surface area contributed by atoms with E-state index in [1.807, 2.05) is 0 Å². The fourth-order valence-corrected chi connectivity index (χ4v) is 4.08. The zero-order valence-electron chi connectivity index (χ0n) is 10.9. The maximum absolute atomic E-state index is 13.2. The molecule has 1 fully saturated rings. The van der Waals surface area contributed by atoms with Crippen LogP contribution in [0.25, 0.3) is 0 Å². The second kappa shape index (κ2) is 6.17. The molecular weight excluding hydrogens is 363 g/mol. The Morgan fingerprint density at radius 1 is 0.955 bits per heavy atom. The van der Waals surface area contributed by atoms with E-state index in [0.29, 0.717) is 19.3 Å². The molecule has 0 aromatic rings. The van der Waals surface area contributed by atoms with Crippen LogP contribution in [-0.4, -0.2) is 44.2 Å². The molecule has 0 bridgehead atoms. The van der Waals surface area contributed by atoms with Gasteiger partial charge in [-0.05, 0) is 12.8 Å². The van der Waals surface area contributed by atoms with Crippen LogP contribution in [0, 0.1) is 0 Å². The van der Waals surface area contributed by atoms with Gasteiger partial charge in [0.15, 0.2) is 0 Å². The van der Waals surface area contributed by atoms with Crippen molar-refractivity contribution in [2.75, 3.05) is 0 Å². The van der Waals surface area contributed by atoms with Crippen molar-refractivity contribution in [2.24, 2.45) is 0 Å². The van der Waals surface area contributed by atoms with Crippen molar-refractivity contribution >= 4 is 20.2 Å². The molecule has 0 amide bonds. The van der Waals surface area contributed by atoms with E-state index in [1.165, 1.54) is 0 Å². The molecule has 0 aliphatic heterocycles. The van der Waals surface area contributed by atoms with Crippen molar-refractivity contribution in [2.45, 2.75) is 54.9 Å². The first kappa shape index (κ1) is 19.5. The summed E-state index contributed by atoms with van der Waals surface area (Å²) < 4.78 is 120. The monoisotopic (exact) mass is 376 g/mol. The summed E-state index contributed by atoms with van der Waals surface area (Å²) in [7, 11) is -11.6. The van der Waals surface area contributed by atoms with E-state index in [4.69, 9.17) is 4.55 Å². The topological polar surface area (TPSA) is 97.7 Å². The lowest BCUT2D eigenvalue weighted by Gasteiger charge is -2.28. The van der Waals surface area contributed by atoms with E-state index in [2.05, 4.69) is 4.18 Å². The van der Waals surface area contributed by atoms with Crippen molar-refractivity contribution in [3.8, 4) is 0 Å². The van der Waals surface area contributed by atoms with E-state index in [0.717, 1.165) is 0 Å². The van der Waals surface area contributed by atoms with E-state index in [9.17, 15) is 38.8 Å². The van der Waals surface area contributed by atoms with Gasteiger partial charge in [0.2, 0.25) is 0 Å². The average Bonchev–Trinajstić information content (AvgIpc) is 2.34. The summed E-state index contributed by atoms with van der Waals surface area (Å²) in [6.07, 6.45) is -9.34. The van der Waals surface area contributed by atoms with Gasteiger partial charge in [0.05, 0.1) is 5.25 Å². The van der Waals surface area contributed by atoms with Crippen LogP contribution in [0.4, 0.5) is 22.0 Å². The second-order valence-corrected chi connectivity index (χ2v) is 8.15. The molecule has 1 rings (SSSR count). The molecule has 132 valence electrons. The van der Waals surface area contributed by atoms with E-state index >= 15 is 0 Å². The number of hydrogen-bond acceptors (Lipinski definition) is 5. The van der Waals surface area contributed by atoms with Gasteiger partial charge < -0.3 is 0 Å². The van der Waals surface area contributed by atoms with E-state index in [-0.39, 0.29) is 12.8 Å². The lowest BCUT2D eigenvalue weighted by molar-refractivity contribution is -0.238. The average molecular weight is 376 g/mol. The maximum Gasteiger partial charge on any atom is 0.423 e. The van der Waals surface area contributed by atoms with Crippen LogP contribution in [0.2, 0.25) is 0 Å². The molecule has 0 aromatic heterocycles. The summed E-state index contributed by atoms with van der Waals surface area (Å²) in [5, 5.41) is -7.28. The van der Waals surface area contributed by atoms with Crippen LogP contribution in [0.15, 0.2) is 0 Å². The largest absolute Gasteiger partial charge is 0.423 e. The first-order chi connectivity index (χ1) is 9.69. The van der Waals surface area contributed by atoms with Crippen LogP contribution in [0.3, 0.4) is 0 Å². The summed E-state index contributed by atoms with van der Waals surface area (Å²) in [6.45, 7) is 0. The minimum absolute atomic E-state index is 0.0790. The molecule has 1 aliphatic carbocycles. The molecule has 1 saturated carbocycles. The molecule has 13 heteroatoms. The number of alkyl halides is 5. The summed E-state index contributed by atoms with van der Waals surface area (Å²) in [5.74, 6) is 0. The molecule has 1 aliphatic rings. The van der Waals surface area contributed by atoms with Gasteiger partial charge in [-0.25, -0.2) is 4.18 Å². The highest BCUT2D eigenvalue weighted by atomic mass is 32.2. The standard InChI is InChI=1S/C9H13F5O6S2/c10-8(11,12)7(9(13,14)22(17,18)19)20-21(15,16)6-4-2-1-3-5-6/h6-7H,1-5H2,(H,17,18,19). The van der Waals surface area contributed by atoms with Crippen molar-refractivity contribution in [1.29, 1.82) is 0 Å². The second-order valence-electron chi connectivity index (χ2n) is 4.81. The fourth-order valence-electron chi connectivity index (χ4n) is 2.00. The highest BCUT2D eigenvalue weighted by Crippen LogP contribution is 2.40. The molecule has 1 atom stereocenters. The quantitative estimate of drug-likeness (QED) is 0.448. The highest BCUT2D eigenvalue weighted by Gasteiger charge is 2.66. The van der Waals surface area contributed by atoms with E-state index < -0.39 is 43.0 Å². The van der Waals surface area contributed by atoms with Crippen LogP contribution < -0.4 is 0 Å². The Bertz CT molecular complexity index is 590. The fraction of sp³-hybridized carbons (Fsp3) is 1.00. The first-order valence-corrected chi connectivity index (χ1v) is 8.94. The van der Waals surface area contributed by atoms with Crippen LogP contribution >= 0.6 is 0 Å². The lowest BCUT2D eigenvalue weighted by Crippen LogP contribution is -2.53. The molecule has 0 heterocycles. The van der Waals surface area contributed by atoms with Crippen LogP contribution in [0.1, 0.15) is 32.1 Å². The van der Waals surface area contributed by atoms with Gasteiger partial charge in [-0.15, -0.1) is 0 Å². The van der Waals surface area contributed by atoms with Gasteiger partial charge in [-0.3, -0.25) is 4.55 Å². The van der Waals surface area contributed by atoms with Gasteiger partial charge in [0.1, 0.15) is 0 Å². The minimum Gasteiger partial charge on any atom is -0.281 e. The molecule has 6 nitrogen and oxygen atoms in total. The van der Waals surface area contributed by atoms with Crippen molar-refractivity contribution in [3.05, 3.63) is 0 Å². The molecule has 0 radical (unpaired) electrons. The third kappa shape index (κ3) is 4.26. The molecule has 1 unspecified atom stereocenters. The lowest BCUT2D eigenvalue weighted by atomic mass is 10.0. The molecule has 1 N–H and O–H groups in total. The maximum atomic E-state index is 13.2. The Hall–Kier alpha value is -0.530. The van der Waals surface area contributed by atoms with Gasteiger partial charge >= 0.3 is 21.5 Å². The molecule has 0 aromatic carbocycles. The predicted molar refractivity (Wildman–Crippen MR) is 63.2 cm³/mol. The van der Waals surface area contributed by atoms with Gasteiger partial charge in [-0.2, -0.15) is 38.8 Å². The summed E-state index contributed by atoms with van der Waals surface area (Å²) in [4.78, 5) is 0. The molecule has 0 spiro atoms. The van der Waals surface area contributed by atoms with Gasteiger partial charge in [0.25, 0.3) is 16.2 Å². The SMILES string of the molecule is O=S(=O)(OC(C(F)(F)F)C(F)(F)S(=O)(=O)O)C1CCCCC1. The first-order valence-electron chi connectivity index (χ1n) is 6.03. The summed E-state index contributed by atoms with van der Waals surface area (Å²) in [5.41, 5.74) is 0. The third-order valence-electron chi connectivity index (χ3n) is 3.14. The zero-order valence-corrected chi connectivity index (χ0v) is 12.5. The Morgan fingerprint density at radius 3 is 1.77 bits per heavy atom. The predicted octanol–water partition coefficient (Wildman–Crippen LogP) is 2.08. The summed E-state index contributed by atoms with van der Waals surface area (Å²) >= 11 is 0. The zero-order chi connectivity index (χ0) is 17.4. The Balaban J connectivity index is 3.15. The Kier molecular flexibility index (Phi) is 5.47. The van der Waals surface area contributed by atoms with Crippen molar-refractivity contribution < 1.29 is 47.5 Å². The van der Waals surface area contributed by atoms with Crippen LogP contribution in [0.5, 0.6) is 0 Å². The normalized spacial score (nSPS) is 20.8. The Morgan fingerprint density at radius 2 is 1.41 bits per heavy atom. The summed E-state index contributed by atoms with van der Waals surface area (Å²) in [6, 6.07) is 0. The minimum atomic E-state index is -6.53. The third-order valence-corrected chi connectivity index (χ3v) is 5.79. The molecule has 0 saturated heterocycles. The Labute approximate surface area is 123 Å². The van der Waals surface area contributed by atoms with Crippen molar-refractivity contribution in [3.63, 3.8) is 0 Å². The highest BCUT2D eigenvalue weighted by molar-refractivity contribution is 7.88. The van der Waals surface area contributed by atoms with Gasteiger partial charge in [0, 0.05) is 0 Å². The number of halogens is 5. The van der Waals surface area contributed by atoms with E-state index in [1.54, 1.807) is 0 Å². The molecular formula is C9H13F5O6S2. The van der Waals surface area contributed by atoms with Crippen molar-refractivity contribution in [1.82, 2.24) is 0 Å². The van der Waals surface area contributed by atoms with Crippen LogP contribution in [-0.2, 0) is 24.4 Å². The smallest absolute Gasteiger partial charge is 0.281 e.